The quantitative estimate of drug-likeness (QED) is 0.246. The molecular weight excluding hydrogens is 442 g/mol. The van der Waals surface area contributed by atoms with E-state index in [0.29, 0.717) is 12.0 Å². The SMILES string of the molecule is CCC(C)N[C@@](Cc1ccc(OC(=O)CC(C)C)c(OC(=O)CC(C)C)c1)(OC(C)=O)C(=O)O. The van der Waals surface area contributed by atoms with Crippen LogP contribution in [0.4, 0.5) is 0 Å². The summed E-state index contributed by atoms with van der Waals surface area (Å²) in [7, 11) is 0. The number of ether oxygens (including phenoxy) is 3. The van der Waals surface area contributed by atoms with E-state index in [0.717, 1.165) is 6.92 Å². The van der Waals surface area contributed by atoms with Gasteiger partial charge in [0.2, 0.25) is 0 Å². The van der Waals surface area contributed by atoms with E-state index in [1.165, 1.54) is 18.2 Å². The van der Waals surface area contributed by atoms with E-state index in [4.69, 9.17) is 14.2 Å². The van der Waals surface area contributed by atoms with Crippen molar-refractivity contribution in [3.63, 3.8) is 0 Å². The maximum Gasteiger partial charge on any atom is 0.364 e. The fraction of sp³-hybridized carbons (Fsp3) is 0.600. The molecule has 0 heterocycles. The van der Waals surface area contributed by atoms with Crippen LogP contribution in [0.2, 0.25) is 0 Å². The van der Waals surface area contributed by atoms with Crippen LogP contribution in [-0.4, -0.2) is 40.8 Å². The molecule has 9 heteroatoms. The van der Waals surface area contributed by atoms with Crippen molar-refractivity contribution >= 4 is 23.9 Å². The molecule has 0 saturated carbocycles. The lowest BCUT2D eigenvalue weighted by Gasteiger charge is -2.32. The van der Waals surface area contributed by atoms with Gasteiger partial charge in [0.15, 0.2) is 11.5 Å². The summed E-state index contributed by atoms with van der Waals surface area (Å²) < 4.78 is 16.1. The molecule has 9 nitrogen and oxygen atoms in total. The molecule has 0 amide bonds. The monoisotopic (exact) mass is 479 g/mol. The topological polar surface area (TPSA) is 128 Å². The van der Waals surface area contributed by atoms with Crippen molar-refractivity contribution in [2.45, 2.75) is 85.9 Å². The summed E-state index contributed by atoms with van der Waals surface area (Å²) in [6.45, 7) is 12.2. The molecule has 0 aromatic heterocycles. The van der Waals surface area contributed by atoms with Gasteiger partial charge in [-0.15, -0.1) is 0 Å². The molecular formula is C25H37NO8. The third-order valence-corrected chi connectivity index (χ3v) is 4.81. The number of carboxylic acids is 1. The Hall–Kier alpha value is -2.94. The van der Waals surface area contributed by atoms with Crippen molar-refractivity contribution in [1.82, 2.24) is 5.32 Å². The molecule has 2 atom stereocenters. The number of hydrogen-bond donors (Lipinski definition) is 2. The lowest BCUT2D eigenvalue weighted by atomic mass is 10.00. The Balaban J connectivity index is 3.40. The van der Waals surface area contributed by atoms with Gasteiger partial charge >= 0.3 is 23.9 Å². The van der Waals surface area contributed by atoms with E-state index < -0.39 is 29.6 Å². The van der Waals surface area contributed by atoms with E-state index in [2.05, 4.69) is 5.32 Å². The average molecular weight is 480 g/mol. The van der Waals surface area contributed by atoms with Gasteiger partial charge in [-0.05, 0) is 42.9 Å². The summed E-state index contributed by atoms with van der Waals surface area (Å²) in [4.78, 5) is 48.5. The number of hydrogen-bond acceptors (Lipinski definition) is 8. The van der Waals surface area contributed by atoms with Gasteiger partial charge in [0.25, 0.3) is 5.72 Å². The van der Waals surface area contributed by atoms with Gasteiger partial charge in [0.05, 0.1) is 0 Å². The zero-order valence-corrected chi connectivity index (χ0v) is 21.1. The van der Waals surface area contributed by atoms with Crippen LogP contribution in [-0.2, 0) is 30.3 Å². The lowest BCUT2D eigenvalue weighted by Crippen LogP contribution is -2.59. The van der Waals surface area contributed by atoms with Crippen LogP contribution in [0.3, 0.4) is 0 Å². The number of carboxylic acid groups (broad SMARTS) is 1. The molecule has 0 saturated heterocycles. The summed E-state index contributed by atoms with van der Waals surface area (Å²) in [5.74, 6) is -2.97. The van der Waals surface area contributed by atoms with Crippen LogP contribution in [0, 0.1) is 11.8 Å². The summed E-state index contributed by atoms with van der Waals surface area (Å²) in [5.41, 5.74) is -1.63. The molecule has 0 radical (unpaired) electrons. The number of rotatable bonds is 13. The van der Waals surface area contributed by atoms with Crippen LogP contribution >= 0.6 is 0 Å². The van der Waals surface area contributed by atoms with E-state index in [1.807, 2.05) is 34.6 Å². The normalized spacial score (nSPS) is 13.8. The van der Waals surface area contributed by atoms with Gasteiger partial charge in [-0.2, -0.15) is 0 Å². The Labute approximate surface area is 201 Å². The van der Waals surface area contributed by atoms with Crippen LogP contribution in [0.25, 0.3) is 0 Å². The first-order valence-corrected chi connectivity index (χ1v) is 11.5. The summed E-state index contributed by atoms with van der Waals surface area (Å²) >= 11 is 0. The van der Waals surface area contributed by atoms with Gasteiger partial charge < -0.3 is 19.3 Å². The number of aliphatic carboxylic acids is 1. The van der Waals surface area contributed by atoms with E-state index in [9.17, 15) is 24.3 Å². The zero-order chi connectivity index (χ0) is 26.1. The third-order valence-electron chi connectivity index (χ3n) is 4.81. The number of nitrogens with one attached hydrogen (secondary N) is 1. The van der Waals surface area contributed by atoms with Crippen LogP contribution in [0.1, 0.15) is 73.3 Å². The van der Waals surface area contributed by atoms with Crippen molar-refractivity contribution in [2.75, 3.05) is 0 Å². The molecule has 0 aliphatic heterocycles. The largest absolute Gasteiger partial charge is 0.477 e. The Morgan fingerprint density at radius 1 is 0.941 bits per heavy atom. The van der Waals surface area contributed by atoms with Gasteiger partial charge in [0.1, 0.15) is 0 Å². The number of carbonyl (C=O) groups excluding carboxylic acids is 3. The molecule has 1 rings (SSSR count). The second-order valence-electron chi connectivity index (χ2n) is 9.28. The highest BCUT2D eigenvalue weighted by Gasteiger charge is 2.43. The predicted octanol–water partition coefficient (Wildman–Crippen LogP) is 3.86. The molecule has 1 aromatic carbocycles. The first-order chi connectivity index (χ1) is 15.8. The average Bonchev–Trinajstić information content (AvgIpc) is 2.67. The van der Waals surface area contributed by atoms with Crippen molar-refractivity contribution in [3.8, 4) is 11.5 Å². The van der Waals surface area contributed by atoms with Gasteiger partial charge in [-0.3, -0.25) is 19.7 Å². The highest BCUT2D eigenvalue weighted by molar-refractivity contribution is 5.81. The fourth-order valence-electron chi connectivity index (χ4n) is 3.15. The maximum absolute atomic E-state index is 12.3. The van der Waals surface area contributed by atoms with Crippen LogP contribution in [0.15, 0.2) is 18.2 Å². The fourth-order valence-corrected chi connectivity index (χ4v) is 3.15. The Morgan fingerprint density at radius 2 is 1.47 bits per heavy atom. The Bertz CT molecular complexity index is 880. The van der Waals surface area contributed by atoms with Crippen molar-refractivity contribution in [2.24, 2.45) is 11.8 Å². The Morgan fingerprint density at radius 3 is 1.91 bits per heavy atom. The van der Waals surface area contributed by atoms with E-state index >= 15 is 0 Å². The molecule has 34 heavy (non-hydrogen) atoms. The minimum Gasteiger partial charge on any atom is -0.477 e. The number of carbonyl (C=O) groups is 4. The molecule has 0 fully saturated rings. The van der Waals surface area contributed by atoms with Gasteiger partial charge in [-0.1, -0.05) is 40.7 Å². The standard InChI is InChI=1S/C25H37NO8/c1-8-17(6)26-25(24(30)31,34-18(7)27)14-19-9-10-20(32-22(28)11-15(2)3)21(13-19)33-23(29)12-16(4)5/h9-10,13,15-17,26H,8,11-12,14H2,1-7H3,(H,30,31)/t17?,25-/m0/s1. The maximum atomic E-state index is 12.3. The molecule has 0 spiro atoms. The van der Waals surface area contributed by atoms with E-state index in [-0.39, 0.29) is 48.6 Å². The molecule has 0 bridgehead atoms. The third kappa shape index (κ3) is 9.51. The van der Waals surface area contributed by atoms with Crippen LogP contribution < -0.4 is 14.8 Å². The highest BCUT2D eigenvalue weighted by Crippen LogP contribution is 2.32. The summed E-state index contributed by atoms with van der Waals surface area (Å²) in [6.07, 6.45) is 0.667. The second-order valence-corrected chi connectivity index (χ2v) is 9.28. The first-order valence-electron chi connectivity index (χ1n) is 11.5. The number of benzene rings is 1. The van der Waals surface area contributed by atoms with Gasteiger partial charge in [-0.25, -0.2) is 4.79 Å². The minimum atomic E-state index is -2.03. The van der Waals surface area contributed by atoms with Crippen molar-refractivity contribution < 1.29 is 38.5 Å². The molecule has 0 aliphatic rings. The predicted molar refractivity (Wildman–Crippen MR) is 125 cm³/mol. The first kappa shape index (κ1) is 29.1. The smallest absolute Gasteiger partial charge is 0.364 e. The lowest BCUT2D eigenvalue weighted by molar-refractivity contribution is -0.183. The second kappa shape index (κ2) is 13.1. The summed E-state index contributed by atoms with van der Waals surface area (Å²) in [6, 6.07) is 4.14. The Kier molecular flexibility index (Phi) is 11.2. The molecule has 1 unspecified atom stereocenters. The molecule has 0 aliphatic carbocycles. The van der Waals surface area contributed by atoms with Gasteiger partial charge in [0, 0.05) is 32.2 Å². The zero-order valence-electron chi connectivity index (χ0n) is 21.1. The van der Waals surface area contributed by atoms with Crippen molar-refractivity contribution in [1.29, 1.82) is 0 Å². The molecule has 1 aromatic rings. The van der Waals surface area contributed by atoms with Crippen molar-refractivity contribution in [3.05, 3.63) is 23.8 Å². The number of esters is 3. The van der Waals surface area contributed by atoms with E-state index in [1.54, 1.807) is 6.92 Å². The minimum absolute atomic E-state index is 0.00842. The van der Waals surface area contributed by atoms with Crippen LogP contribution in [0.5, 0.6) is 11.5 Å². The highest BCUT2D eigenvalue weighted by atomic mass is 16.6. The molecule has 2 N–H and O–H groups in total. The summed E-state index contributed by atoms with van der Waals surface area (Å²) in [5, 5.41) is 12.8. The molecule has 190 valence electrons.